The van der Waals surface area contributed by atoms with E-state index in [1.165, 1.54) is 10.7 Å². The summed E-state index contributed by atoms with van der Waals surface area (Å²) in [7, 11) is 0. The molecular formula is C14H10ClN3O3. The fraction of sp³-hybridized carbons (Fsp3) is 0.0714. The molecule has 7 heteroatoms. The minimum absolute atomic E-state index is 0.323. The van der Waals surface area contributed by atoms with Crippen LogP contribution in [0.5, 0.6) is 0 Å². The molecule has 0 aliphatic carbocycles. The van der Waals surface area contributed by atoms with Crippen molar-refractivity contribution in [2.75, 3.05) is 0 Å². The molecule has 21 heavy (non-hydrogen) atoms. The van der Waals surface area contributed by atoms with Gasteiger partial charge < -0.3 is 9.67 Å². The van der Waals surface area contributed by atoms with Gasteiger partial charge in [-0.25, -0.2) is 4.52 Å². The monoisotopic (exact) mass is 303 g/mol. The summed E-state index contributed by atoms with van der Waals surface area (Å²) < 4.78 is 2.57. The Kier molecular flexibility index (Phi) is 3.23. The summed E-state index contributed by atoms with van der Waals surface area (Å²) >= 11 is 5.84. The second kappa shape index (κ2) is 5.06. The second-order valence-electron chi connectivity index (χ2n) is 4.49. The van der Waals surface area contributed by atoms with E-state index in [0.717, 1.165) is 10.1 Å². The van der Waals surface area contributed by atoms with Crippen LogP contribution in [-0.4, -0.2) is 25.3 Å². The van der Waals surface area contributed by atoms with Gasteiger partial charge in [0.1, 0.15) is 12.1 Å². The Bertz CT molecular complexity index is 881. The van der Waals surface area contributed by atoms with Crippen molar-refractivity contribution in [3.63, 3.8) is 0 Å². The number of carboxylic acid groups (broad SMARTS) is 1. The van der Waals surface area contributed by atoms with Gasteiger partial charge in [0.15, 0.2) is 0 Å². The molecule has 1 N–H and O–H groups in total. The van der Waals surface area contributed by atoms with Crippen molar-refractivity contribution in [3.05, 3.63) is 58.1 Å². The number of carbonyl (C=O) groups is 1. The topological polar surface area (TPSA) is 76.6 Å². The van der Waals surface area contributed by atoms with Crippen LogP contribution in [0.1, 0.15) is 0 Å². The molecule has 0 unspecified atom stereocenters. The Morgan fingerprint density at radius 3 is 2.62 bits per heavy atom. The van der Waals surface area contributed by atoms with Crippen LogP contribution < -0.4 is 5.56 Å². The third-order valence-corrected chi connectivity index (χ3v) is 3.30. The highest BCUT2D eigenvalue weighted by Crippen LogP contribution is 2.20. The van der Waals surface area contributed by atoms with Gasteiger partial charge in [-0.1, -0.05) is 23.7 Å². The minimum atomic E-state index is -1.07. The van der Waals surface area contributed by atoms with E-state index in [1.54, 1.807) is 36.5 Å². The zero-order valence-electron chi connectivity index (χ0n) is 10.7. The first-order chi connectivity index (χ1) is 10.0. The third kappa shape index (κ3) is 2.53. The molecular weight excluding hydrogens is 294 g/mol. The summed E-state index contributed by atoms with van der Waals surface area (Å²) in [6.07, 6.45) is 2.96. The number of hydrogen-bond acceptors (Lipinski definition) is 3. The number of halogens is 1. The molecule has 0 aliphatic rings. The van der Waals surface area contributed by atoms with Gasteiger partial charge in [0.05, 0.1) is 5.69 Å². The van der Waals surface area contributed by atoms with Crippen molar-refractivity contribution in [2.45, 2.75) is 6.54 Å². The first kappa shape index (κ1) is 13.4. The van der Waals surface area contributed by atoms with Gasteiger partial charge in [0.2, 0.25) is 0 Å². The fourth-order valence-corrected chi connectivity index (χ4v) is 2.18. The molecule has 0 saturated carbocycles. The highest BCUT2D eigenvalue weighted by molar-refractivity contribution is 6.30. The maximum atomic E-state index is 12.2. The first-order valence-corrected chi connectivity index (χ1v) is 6.49. The van der Waals surface area contributed by atoms with E-state index in [9.17, 15) is 9.59 Å². The van der Waals surface area contributed by atoms with Crippen LogP contribution in [0.4, 0.5) is 0 Å². The van der Waals surface area contributed by atoms with Crippen LogP contribution >= 0.6 is 11.6 Å². The average molecular weight is 304 g/mol. The molecule has 3 rings (SSSR count). The number of aliphatic carboxylic acids is 1. The summed E-state index contributed by atoms with van der Waals surface area (Å²) in [6, 6.07) is 8.72. The largest absolute Gasteiger partial charge is 0.480 e. The lowest BCUT2D eigenvalue weighted by Crippen LogP contribution is -2.24. The van der Waals surface area contributed by atoms with Gasteiger partial charge in [0, 0.05) is 23.0 Å². The molecule has 0 atom stereocenters. The second-order valence-corrected chi connectivity index (χ2v) is 4.93. The number of hydrogen-bond donors (Lipinski definition) is 1. The highest BCUT2D eigenvalue weighted by atomic mass is 35.5. The predicted molar refractivity (Wildman–Crippen MR) is 77.5 cm³/mol. The van der Waals surface area contributed by atoms with Crippen LogP contribution in [0.15, 0.2) is 47.5 Å². The first-order valence-electron chi connectivity index (χ1n) is 6.11. The van der Waals surface area contributed by atoms with E-state index >= 15 is 0 Å². The molecule has 106 valence electrons. The predicted octanol–water partition coefficient (Wildman–Crippen LogP) is 1.90. The van der Waals surface area contributed by atoms with Crippen molar-refractivity contribution in [3.8, 4) is 11.3 Å². The van der Waals surface area contributed by atoms with Crippen molar-refractivity contribution < 1.29 is 9.90 Å². The highest BCUT2D eigenvalue weighted by Gasteiger charge is 2.10. The number of benzene rings is 1. The number of nitrogens with zero attached hydrogens (tertiary/aromatic N) is 3. The standard InChI is InChI=1S/C14H10ClN3O3/c15-10-3-1-9(2-4-10)11-7-12-14(21)17(8-13(19)20)5-6-18(12)16-11/h1-7H,8H2,(H,19,20). The Labute approximate surface area is 123 Å². The zero-order valence-corrected chi connectivity index (χ0v) is 11.5. The normalized spacial score (nSPS) is 10.9. The number of aromatic nitrogens is 3. The molecule has 0 fully saturated rings. The van der Waals surface area contributed by atoms with Crippen molar-refractivity contribution >= 4 is 23.1 Å². The molecule has 0 amide bonds. The van der Waals surface area contributed by atoms with E-state index in [0.29, 0.717) is 16.2 Å². The van der Waals surface area contributed by atoms with Gasteiger partial charge in [-0.05, 0) is 18.2 Å². The lowest BCUT2D eigenvalue weighted by atomic mass is 10.1. The van der Waals surface area contributed by atoms with Crippen LogP contribution in [-0.2, 0) is 11.3 Å². The number of carboxylic acids is 1. The van der Waals surface area contributed by atoms with Crippen molar-refractivity contribution in [1.29, 1.82) is 0 Å². The molecule has 1 aromatic carbocycles. The SMILES string of the molecule is O=C(O)Cn1ccn2nc(-c3ccc(Cl)cc3)cc2c1=O. The summed E-state index contributed by atoms with van der Waals surface area (Å²) in [5.41, 5.74) is 1.38. The van der Waals surface area contributed by atoms with E-state index < -0.39 is 11.5 Å². The Balaban J connectivity index is 2.12. The van der Waals surface area contributed by atoms with Crippen LogP contribution in [0, 0.1) is 0 Å². The lowest BCUT2D eigenvalue weighted by molar-refractivity contribution is -0.137. The maximum Gasteiger partial charge on any atom is 0.323 e. The Morgan fingerprint density at radius 2 is 1.95 bits per heavy atom. The molecule has 3 aromatic rings. The van der Waals surface area contributed by atoms with Gasteiger partial charge in [-0.15, -0.1) is 0 Å². The summed E-state index contributed by atoms with van der Waals surface area (Å²) in [6.45, 7) is -0.378. The summed E-state index contributed by atoms with van der Waals surface area (Å²) in [5.74, 6) is -1.07. The van der Waals surface area contributed by atoms with Crippen LogP contribution in [0.3, 0.4) is 0 Å². The minimum Gasteiger partial charge on any atom is -0.480 e. The molecule has 0 aliphatic heterocycles. The smallest absolute Gasteiger partial charge is 0.323 e. The molecule has 0 radical (unpaired) electrons. The Morgan fingerprint density at radius 1 is 1.24 bits per heavy atom. The van der Waals surface area contributed by atoms with Crippen LogP contribution in [0.25, 0.3) is 16.8 Å². The number of rotatable bonds is 3. The van der Waals surface area contributed by atoms with Gasteiger partial charge in [-0.3, -0.25) is 9.59 Å². The zero-order chi connectivity index (χ0) is 15.0. The molecule has 2 aromatic heterocycles. The van der Waals surface area contributed by atoms with E-state index in [1.807, 2.05) is 0 Å². The van der Waals surface area contributed by atoms with Crippen molar-refractivity contribution in [2.24, 2.45) is 0 Å². The molecule has 2 heterocycles. The van der Waals surface area contributed by atoms with Gasteiger partial charge in [-0.2, -0.15) is 5.10 Å². The van der Waals surface area contributed by atoms with Crippen LogP contribution in [0.2, 0.25) is 5.02 Å². The van der Waals surface area contributed by atoms with Crippen molar-refractivity contribution in [1.82, 2.24) is 14.2 Å². The summed E-state index contributed by atoms with van der Waals surface area (Å²) in [4.78, 5) is 22.9. The maximum absolute atomic E-state index is 12.2. The van der Waals surface area contributed by atoms with Gasteiger partial charge in [0.25, 0.3) is 5.56 Å². The fourth-order valence-electron chi connectivity index (χ4n) is 2.06. The molecule has 0 spiro atoms. The molecule has 0 saturated heterocycles. The van der Waals surface area contributed by atoms with E-state index in [-0.39, 0.29) is 6.54 Å². The number of fused-ring (bicyclic) bond motifs is 1. The summed E-state index contributed by atoms with van der Waals surface area (Å²) in [5, 5.41) is 13.7. The van der Waals surface area contributed by atoms with Gasteiger partial charge >= 0.3 is 5.97 Å². The van der Waals surface area contributed by atoms with E-state index in [4.69, 9.17) is 16.7 Å². The van der Waals surface area contributed by atoms with E-state index in [2.05, 4.69) is 5.10 Å². The average Bonchev–Trinajstić information content (AvgIpc) is 2.87. The molecule has 6 nitrogen and oxygen atoms in total. The quantitative estimate of drug-likeness (QED) is 0.802. The Hall–Kier alpha value is -2.60. The lowest BCUT2D eigenvalue weighted by Gasteiger charge is -2.01. The third-order valence-electron chi connectivity index (χ3n) is 3.05. The molecule has 0 bridgehead atoms.